The molecule has 150 valence electrons. The monoisotopic (exact) mass is 393 g/mol. The van der Waals surface area contributed by atoms with E-state index in [1.54, 1.807) is 0 Å². The first-order chi connectivity index (χ1) is 12.9. The quantitative estimate of drug-likeness (QED) is 0.723. The van der Waals surface area contributed by atoms with Crippen molar-refractivity contribution < 1.29 is 13.5 Å². The first-order valence-electron chi connectivity index (χ1n) is 10.0. The fraction of sp³-hybridized carbons (Fsp3) is 0.700. The van der Waals surface area contributed by atoms with Crippen molar-refractivity contribution in [3.05, 3.63) is 35.9 Å². The Morgan fingerprint density at radius 2 is 1.85 bits per heavy atom. The molecule has 0 spiro atoms. The number of aliphatic hydroxyl groups excluding tert-OH is 1. The number of hydrogen-bond acceptors (Lipinski definition) is 5. The Hall–Kier alpha value is -0.990. The Morgan fingerprint density at radius 3 is 2.44 bits per heavy atom. The number of likely N-dealkylation sites (tertiary alicyclic amines) is 1. The number of nitrogens with one attached hydrogen (secondary N) is 1. The molecule has 2 heterocycles. The van der Waals surface area contributed by atoms with E-state index in [0.717, 1.165) is 25.9 Å². The van der Waals surface area contributed by atoms with Crippen molar-refractivity contribution in [1.29, 1.82) is 0 Å². The zero-order valence-corrected chi connectivity index (χ0v) is 16.9. The highest BCUT2D eigenvalue weighted by molar-refractivity contribution is 7.88. The first-order valence-corrected chi connectivity index (χ1v) is 11.9. The molecule has 3 aliphatic rings. The lowest BCUT2D eigenvalue weighted by Crippen LogP contribution is -2.72. The fourth-order valence-corrected chi connectivity index (χ4v) is 5.79. The Kier molecular flexibility index (Phi) is 5.33. The Labute approximate surface area is 162 Å². The lowest BCUT2D eigenvalue weighted by atomic mass is 9.84. The van der Waals surface area contributed by atoms with Gasteiger partial charge in [-0.1, -0.05) is 30.3 Å². The summed E-state index contributed by atoms with van der Waals surface area (Å²) in [6.07, 6.45) is 5.32. The van der Waals surface area contributed by atoms with E-state index < -0.39 is 10.0 Å². The predicted molar refractivity (Wildman–Crippen MR) is 106 cm³/mol. The average molecular weight is 394 g/mol. The normalized spacial score (nSPS) is 29.4. The van der Waals surface area contributed by atoms with E-state index in [2.05, 4.69) is 40.5 Å². The van der Waals surface area contributed by atoms with Gasteiger partial charge in [0.25, 0.3) is 0 Å². The molecule has 1 unspecified atom stereocenters. The summed E-state index contributed by atoms with van der Waals surface area (Å²) in [6, 6.07) is 11.9. The molecule has 0 bridgehead atoms. The van der Waals surface area contributed by atoms with Gasteiger partial charge in [-0.05, 0) is 31.2 Å². The van der Waals surface area contributed by atoms with Crippen molar-refractivity contribution in [2.24, 2.45) is 0 Å². The molecule has 0 aromatic heterocycles. The predicted octanol–water partition coefficient (Wildman–Crippen LogP) is 0.993. The van der Waals surface area contributed by atoms with Crippen LogP contribution in [0.4, 0.5) is 0 Å². The highest BCUT2D eigenvalue weighted by Crippen LogP contribution is 2.42. The van der Waals surface area contributed by atoms with Crippen molar-refractivity contribution in [2.45, 2.75) is 49.2 Å². The Bertz CT molecular complexity index is 741. The summed E-state index contributed by atoms with van der Waals surface area (Å²) in [6.45, 7) is 3.08. The van der Waals surface area contributed by atoms with E-state index in [9.17, 15) is 13.5 Å². The minimum absolute atomic E-state index is 0.108. The molecule has 4 rings (SSSR count). The standard InChI is InChI=1S/C20H31N3O3S/c1-27(25,26)23-14-20(15-23,9-12-24)22-10-7-17(8-11-22)21-19-13-18(19)16-5-3-2-4-6-16/h2-6,17-19,21,24H,7-15H2,1H3/t18?,19-/m1/s1. The van der Waals surface area contributed by atoms with Crippen LogP contribution < -0.4 is 5.32 Å². The third kappa shape index (κ3) is 4.07. The van der Waals surface area contributed by atoms with Gasteiger partial charge in [0.1, 0.15) is 0 Å². The van der Waals surface area contributed by atoms with Crippen molar-refractivity contribution in [3.8, 4) is 0 Å². The molecular formula is C20H31N3O3S. The molecule has 6 nitrogen and oxygen atoms in total. The topological polar surface area (TPSA) is 72.9 Å². The van der Waals surface area contributed by atoms with Gasteiger partial charge in [0.15, 0.2) is 0 Å². The van der Waals surface area contributed by atoms with E-state index in [1.165, 1.54) is 22.5 Å². The van der Waals surface area contributed by atoms with Gasteiger partial charge in [0, 0.05) is 50.8 Å². The van der Waals surface area contributed by atoms with Gasteiger partial charge in [-0.25, -0.2) is 8.42 Å². The molecule has 1 saturated carbocycles. The Morgan fingerprint density at radius 1 is 1.19 bits per heavy atom. The van der Waals surface area contributed by atoms with Crippen LogP contribution in [0.25, 0.3) is 0 Å². The van der Waals surface area contributed by atoms with Gasteiger partial charge < -0.3 is 10.4 Å². The zero-order chi connectivity index (χ0) is 19.1. The van der Waals surface area contributed by atoms with Crippen LogP contribution in [-0.4, -0.2) is 79.4 Å². The second kappa shape index (κ2) is 7.44. The van der Waals surface area contributed by atoms with Crippen molar-refractivity contribution >= 4 is 10.0 Å². The van der Waals surface area contributed by atoms with Crippen molar-refractivity contribution in [3.63, 3.8) is 0 Å². The van der Waals surface area contributed by atoms with Crippen LogP contribution in [0.1, 0.15) is 37.2 Å². The van der Waals surface area contributed by atoms with Gasteiger partial charge in [0.2, 0.25) is 10.0 Å². The van der Waals surface area contributed by atoms with Crippen LogP contribution in [0.3, 0.4) is 0 Å². The molecular weight excluding hydrogens is 362 g/mol. The minimum Gasteiger partial charge on any atom is -0.396 e. The summed E-state index contributed by atoms with van der Waals surface area (Å²) < 4.78 is 25.0. The van der Waals surface area contributed by atoms with Crippen LogP contribution in [0.15, 0.2) is 30.3 Å². The highest BCUT2D eigenvalue weighted by Gasteiger charge is 2.51. The number of sulfonamides is 1. The average Bonchev–Trinajstić information content (AvgIpc) is 3.37. The zero-order valence-electron chi connectivity index (χ0n) is 16.0. The number of nitrogens with zero attached hydrogens (tertiary/aromatic N) is 2. The van der Waals surface area contributed by atoms with Gasteiger partial charge in [-0.2, -0.15) is 4.31 Å². The molecule has 2 atom stereocenters. The molecule has 2 N–H and O–H groups in total. The van der Waals surface area contributed by atoms with Crippen LogP contribution in [0.5, 0.6) is 0 Å². The SMILES string of the molecule is CS(=O)(=O)N1CC(CCO)(N2CCC(N[C@@H]3CC3c3ccccc3)CC2)C1. The number of aliphatic hydroxyl groups is 1. The third-order valence-corrected chi connectivity index (χ3v) is 7.82. The maximum absolute atomic E-state index is 11.8. The smallest absolute Gasteiger partial charge is 0.211 e. The van der Waals surface area contributed by atoms with Crippen molar-refractivity contribution in [2.75, 3.05) is 39.0 Å². The number of hydrogen-bond donors (Lipinski definition) is 2. The van der Waals surface area contributed by atoms with E-state index >= 15 is 0 Å². The fourth-order valence-electron chi connectivity index (χ4n) is 4.84. The number of benzene rings is 1. The van der Waals surface area contributed by atoms with Crippen LogP contribution in [0.2, 0.25) is 0 Å². The van der Waals surface area contributed by atoms with Gasteiger partial charge >= 0.3 is 0 Å². The molecule has 1 aromatic carbocycles. The molecule has 0 amide bonds. The molecule has 2 saturated heterocycles. The summed E-state index contributed by atoms with van der Waals surface area (Å²) in [4.78, 5) is 2.42. The van der Waals surface area contributed by atoms with E-state index in [1.807, 2.05) is 0 Å². The van der Waals surface area contributed by atoms with Crippen molar-refractivity contribution in [1.82, 2.24) is 14.5 Å². The summed E-state index contributed by atoms with van der Waals surface area (Å²) in [5.41, 5.74) is 1.26. The summed E-state index contributed by atoms with van der Waals surface area (Å²) in [5, 5.41) is 13.3. The molecule has 1 aromatic rings. The maximum atomic E-state index is 11.8. The molecule has 7 heteroatoms. The van der Waals surface area contributed by atoms with Crippen LogP contribution in [0, 0.1) is 0 Å². The maximum Gasteiger partial charge on any atom is 0.211 e. The molecule has 0 radical (unpaired) electrons. The number of piperidine rings is 1. The summed E-state index contributed by atoms with van der Waals surface area (Å²) >= 11 is 0. The lowest BCUT2D eigenvalue weighted by molar-refractivity contribution is -0.0428. The lowest BCUT2D eigenvalue weighted by Gasteiger charge is -2.56. The van der Waals surface area contributed by atoms with Crippen LogP contribution >= 0.6 is 0 Å². The van der Waals surface area contributed by atoms with Gasteiger partial charge in [-0.15, -0.1) is 0 Å². The second-order valence-corrected chi connectivity index (χ2v) is 10.5. The Balaban J connectivity index is 1.27. The summed E-state index contributed by atoms with van der Waals surface area (Å²) in [7, 11) is -3.13. The summed E-state index contributed by atoms with van der Waals surface area (Å²) in [5.74, 6) is 0.653. The molecule has 2 aliphatic heterocycles. The van der Waals surface area contributed by atoms with Crippen LogP contribution in [-0.2, 0) is 10.0 Å². The number of rotatable bonds is 7. The minimum atomic E-state index is -3.13. The molecule has 27 heavy (non-hydrogen) atoms. The third-order valence-electron chi connectivity index (χ3n) is 6.62. The van der Waals surface area contributed by atoms with E-state index in [0.29, 0.717) is 37.5 Å². The van der Waals surface area contributed by atoms with E-state index in [-0.39, 0.29) is 12.1 Å². The highest BCUT2D eigenvalue weighted by atomic mass is 32.2. The van der Waals surface area contributed by atoms with E-state index in [4.69, 9.17) is 0 Å². The van der Waals surface area contributed by atoms with Gasteiger partial charge in [-0.3, -0.25) is 4.90 Å². The molecule has 1 aliphatic carbocycles. The van der Waals surface area contributed by atoms with Gasteiger partial charge in [0.05, 0.1) is 11.8 Å². The second-order valence-electron chi connectivity index (χ2n) is 8.52. The largest absolute Gasteiger partial charge is 0.396 e. The molecule has 3 fully saturated rings. The first kappa shape index (κ1) is 19.3.